The number of esters is 1. The van der Waals surface area contributed by atoms with Crippen LogP contribution in [-0.2, 0) is 14.3 Å². The monoisotopic (exact) mass is 438 g/mol. The molecular weight excluding hydrogens is 396 g/mol. The quantitative estimate of drug-likeness (QED) is 0.320. The normalized spacial score (nSPS) is 58.9. The molecule has 2 bridgehead atoms. The van der Waals surface area contributed by atoms with Gasteiger partial charge in [-0.25, -0.2) is 0 Å². The molecule has 3 heteroatoms. The van der Waals surface area contributed by atoms with Gasteiger partial charge in [0.2, 0.25) is 0 Å². The number of carbonyl (C=O) groups is 2. The molecule has 5 saturated carbocycles. The Hall–Kier alpha value is -1.12. The largest absolute Gasteiger partial charge is 0.461 e. The highest BCUT2D eigenvalue weighted by molar-refractivity contribution is 5.83. The van der Waals surface area contributed by atoms with Crippen molar-refractivity contribution in [3.63, 3.8) is 0 Å². The molecular formula is C29H42O3. The Balaban J connectivity index is 1.48. The molecule has 10 atom stereocenters. The minimum absolute atomic E-state index is 0.0549. The van der Waals surface area contributed by atoms with Crippen LogP contribution in [0.3, 0.4) is 0 Å². The fourth-order valence-corrected chi connectivity index (χ4v) is 11.2. The van der Waals surface area contributed by atoms with Gasteiger partial charge in [0, 0.05) is 17.8 Å². The van der Waals surface area contributed by atoms with Crippen LogP contribution in [0.15, 0.2) is 12.2 Å². The molecule has 1 heterocycles. The van der Waals surface area contributed by atoms with E-state index in [1.165, 1.54) is 5.57 Å². The molecule has 0 N–H and O–H groups in total. The maximum atomic E-state index is 13.8. The van der Waals surface area contributed by atoms with Crippen LogP contribution in [0.5, 0.6) is 0 Å². The average Bonchev–Trinajstić information content (AvgIpc) is 2.87. The Labute approximate surface area is 194 Å². The third kappa shape index (κ3) is 2.12. The lowest BCUT2D eigenvalue weighted by Gasteiger charge is -2.71. The van der Waals surface area contributed by atoms with Crippen molar-refractivity contribution < 1.29 is 14.3 Å². The maximum absolute atomic E-state index is 13.8. The van der Waals surface area contributed by atoms with Crippen molar-refractivity contribution in [2.24, 2.45) is 50.7 Å². The standard InChI is InChI=1S/C29H42O3/c1-17-9-11-25(3)16-23-28(6)21-10-12-26(4)18(2)19(30)7-8-20(26)27(21,5)13-14-29(28,22(25)15-17)24(31)32-23/h18,20-23H,1,7-16H2,2-6H3. The summed E-state index contributed by atoms with van der Waals surface area (Å²) in [7, 11) is 0. The van der Waals surface area contributed by atoms with E-state index in [-0.39, 0.29) is 45.1 Å². The topological polar surface area (TPSA) is 43.4 Å². The number of Topliss-reactive ketones (excluding diaryl/α,β-unsaturated/α-hetero) is 1. The molecule has 0 aromatic carbocycles. The Bertz CT molecular complexity index is 921. The third-order valence-electron chi connectivity index (χ3n) is 13.2. The van der Waals surface area contributed by atoms with Gasteiger partial charge in [-0.2, -0.15) is 0 Å². The molecule has 6 fully saturated rings. The van der Waals surface area contributed by atoms with Gasteiger partial charge in [0.25, 0.3) is 0 Å². The SMILES string of the molecule is C=C1CCC2(C)CC3OC(=O)C4(CCC5(C)C6CCC(=O)C(C)C6(C)CCC5C34C)C2C1. The van der Waals surface area contributed by atoms with Gasteiger partial charge in [-0.15, -0.1) is 0 Å². The first kappa shape index (κ1) is 21.4. The van der Waals surface area contributed by atoms with Crippen LogP contribution < -0.4 is 0 Å². The van der Waals surface area contributed by atoms with Gasteiger partial charge in [-0.1, -0.05) is 46.8 Å². The van der Waals surface area contributed by atoms with Gasteiger partial charge in [0.1, 0.15) is 11.9 Å². The molecule has 1 aliphatic heterocycles. The van der Waals surface area contributed by atoms with Crippen molar-refractivity contribution in [2.75, 3.05) is 0 Å². The Morgan fingerprint density at radius 2 is 1.62 bits per heavy atom. The van der Waals surface area contributed by atoms with Crippen LogP contribution in [0.25, 0.3) is 0 Å². The number of hydrogen-bond donors (Lipinski definition) is 0. The van der Waals surface area contributed by atoms with Crippen LogP contribution in [-0.4, -0.2) is 17.9 Å². The molecule has 0 spiro atoms. The van der Waals surface area contributed by atoms with E-state index in [0.29, 0.717) is 23.5 Å². The second-order valence-corrected chi connectivity index (χ2v) is 13.9. The fraction of sp³-hybridized carbons (Fsp3) is 0.862. The molecule has 0 radical (unpaired) electrons. The van der Waals surface area contributed by atoms with Crippen LogP contribution in [0.1, 0.15) is 98.8 Å². The van der Waals surface area contributed by atoms with Crippen molar-refractivity contribution in [3.05, 3.63) is 12.2 Å². The first-order valence-electron chi connectivity index (χ1n) is 13.3. The first-order valence-corrected chi connectivity index (χ1v) is 13.3. The molecule has 10 unspecified atom stereocenters. The van der Waals surface area contributed by atoms with Crippen LogP contribution in [0.2, 0.25) is 0 Å². The summed E-state index contributed by atoms with van der Waals surface area (Å²) in [5.41, 5.74) is 1.39. The zero-order chi connectivity index (χ0) is 22.9. The molecule has 5 aliphatic carbocycles. The summed E-state index contributed by atoms with van der Waals surface area (Å²) < 4.78 is 6.39. The molecule has 0 aromatic rings. The van der Waals surface area contributed by atoms with E-state index in [4.69, 9.17) is 4.74 Å². The molecule has 6 rings (SSSR count). The Morgan fingerprint density at radius 1 is 0.875 bits per heavy atom. The maximum Gasteiger partial charge on any atom is 0.313 e. The third-order valence-corrected chi connectivity index (χ3v) is 13.2. The minimum atomic E-state index is -0.345. The van der Waals surface area contributed by atoms with Gasteiger partial charge in [-0.05, 0) is 91.8 Å². The summed E-state index contributed by atoms with van der Waals surface area (Å²) >= 11 is 0. The zero-order valence-electron chi connectivity index (χ0n) is 20.9. The van der Waals surface area contributed by atoms with Crippen LogP contribution in [0, 0.1) is 50.7 Å². The summed E-state index contributed by atoms with van der Waals surface area (Å²) in [4.78, 5) is 26.6. The Kier molecular flexibility index (Phi) is 4.09. The summed E-state index contributed by atoms with van der Waals surface area (Å²) in [5, 5.41) is 0. The number of ether oxygens (including phenoxy) is 1. The molecule has 32 heavy (non-hydrogen) atoms. The van der Waals surface area contributed by atoms with E-state index >= 15 is 0 Å². The summed E-state index contributed by atoms with van der Waals surface area (Å²) in [6.45, 7) is 16.4. The fourth-order valence-electron chi connectivity index (χ4n) is 11.2. The number of carbonyl (C=O) groups excluding carboxylic acids is 2. The average molecular weight is 439 g/mol. The van der Waals surface area contributed by atoms with E-state index in [1.807, 2.05) is 0 Å². The number of hydrogen-bond acceptors (Lipinski definition) is 3. The predicted octanol–water partition coefficient (Wildman–Crippen LogP) is 6.50. The van der Waals surface area contributed by atoms with E-state index in [2.05, 4.69) is 41.2 Å². The van der Waals surface area contributed by atoms with Crippen molar-refractivity contribution >= 4 is 11.8 Å². The van der Waals surface area contributed by atoms with Crippen molar-refractivity contribution in [1.29, 1.82) is 0 Å². The van der Waals surface area contributed by atoms with Gasteiger partial charge >= 0.3 is 5.97 Å². The highest BCUT2D eigenvalue weighted by Crippen LogP contribution is 2.80. The second-order valence-electron chi connectivity index (χ2n) is 13.9. The summed E-state index contributed by atoms with van der Waals surface area (Å²) in [6, 6.07) is 0. The number of fused-ring (bicyclic) bond motifs is 4. The van der Waals surface area contributed by atoms with E-state index < -0.39 is 0 Å². The highest BCUT2D eigenvalue weighted by Gasteiger charge is 2.80. The molecule has 0 aromatic heterocycles. The van der Waals surface area contributed by atoms with Crippen LogP contribution >= 0.6 is 0 Å². The van der Waals surface area contributed by atoms with Crippen molar-refractivity contribution in [1.82, 2.24) is 0 Å². The zero-order valence-corrected chi connectivity index (χ0v) is 20.9. The first-order chi connectivity index (χ1) is 14.9. The van der Waals surface area contributed by atoms with E-state index in [0.717, 1.165) is 64.2 Å². The molecule has 6 aliphatic rings. The molecule has 176 valence electrons. The summed E-state index contributed by atoms with van der Waals surface area (Å²) in [5.74, 6) is 2.19. The van der Waals surface area contributed by atoms with Gasteiger partial charge in [0.05, 0.1) is 5.41 Å². The Morgan fingerprint density at radius 3 is 2.38 bits per heavy atom. The van der Waals surface area contributed by atoms with Gasteiger partial charge in [0.15, 0.2) is 0 Å². The lowest BCUT2D eigenvalue weighted by atomic mass is 9.30. The van der Waals surface area contributed by atoms with Crippen molar-refractivity contribution in [3.8, 4) is 0 Å². The van der Waals surface area contributed by atoms with E-state index in [1.54, 1.807) is 0 Å². The van der Waals surface area contributed by atoms with Gasteiger partial charge in [-0.3, -0.25) is 9.59 Å². The number of allylic oxidation sites excluding steroid dienone is 1. The minimum Gasteiger partial charge on any atom is -0.461 e. The molecule has 1 saturated heterocycles. The lowest BCUT2D eigenvalue weighted by molar-refractivity contribution is -0.242. The van der Waals surface area contributed by atoms with Crippen LogP contribution in [0.4, 0.5) is 0 Å². The van der Waals surface area contributed by atoms with Crippen molar-refractivity contribution in [2.45, 2.75) is 105 Å². The smallest absolute Gasteiger partial charge is 0.313 e. The molecule has 0 amide bonds. The van der Waals surface area contributed by atoms with E-state index in [9.17, 15) is 9.59 Å². The number of rotatable bonds is 0. The second kappa shape index (κ2) is 6.11. The summed E-state index contributed by atoms with van der Waals surface area (Å²) in [6.07, 6.45) is 10.4. The predicted molar refractivity (Wildman–Crippen MR) is 125 cm³/mol. The number of ketones is 1. The molecule has 3 nitrogen and oxygen atoms in total. The lowest BCUT2D eigenvalue weighted by Crippen LogP contribution is -2.70. The van der Waals surface area contributed by atoms with Gasteiger partial charge < -0.3 is 4.74 Å². The highest BCUT2D eigenvalue weighted by atomic mass is 16.6.